The van der Waals surface area contributed by atoms with Crippen molar-refractivity contribution in [2.24, 2.45) is 12.0 Å². The molecule has 138 valence electrons. The Balaban J connectivity index is 0.00000312. The van der Waals surface area contributed by atoms with Gasteiger partial charge >= 0.3 is 0 Å². The first-order valence-electron chi connectivity index (χ1n) is 8.72. The van der Waals surface area contributed by atoms with Gasteiger partial charge in [-0.05, 0) is 41.5 Å². The summed E-state index contributed by atoms with van der Waals surface area (Å²) in [5, 5.41) is 6.72. The molecule has 0 spiro atoms. The van der Waals surface area contributed by atoms with E-state index in [4.69, 9.17) is 0 Å². The van der Waals surface area contributed by atoms with Crippen LogP contribution in [0.5, 0.6) is 0 Å². The molecule has 0 aliphatic carbocycles. The van der Waals surface area contributed by atoms with Crippen LogP contribution >= 0.6 is 24.0 Å². The number of aliphatic imine (C=N–C) groups is 1. The SMILES string of the molecule is CN=C(NCCCc1ccc(C(C)C)cc1)NCc1ccn(C)c1.I. The van der Waals surface area contributed by atoms with Crippen LogP contribution in [0.15, 0.2) is 47.7 Å². The highest BCUT2D eigenvalue weighted by Gasteiger charge is 2.01. The van der Waals surface area contributed by atoms with Crippen LogP contribution in [0, 0.1) is 0 Å². The van der Waals surface area contributed by atoms with Crippen LogP contribution in [0.2, 0.25) is 0 Å². The fourth-order valence-electron chi connectivity index (χ4n) is 2.64. The second-order valence-corrected chi connectivity index (χ2v) is 6.54. The number of hydrogen-bond acceptors (Lipinski definition) is 1. The minimum atomic E-state index is 0. The Hall–Kier alpha value is -1.50. The maximum atomic E-state index is 4.27. The summed E-state index contributed by atoms with van der Waals surface area (Å²) in [6.45, 7) is 6.16. The number of guanidine groups is 1. The monoisotopic (exact) mass is 454 g/mol. The molecular weight excluding hydrogens is 423 g/mol. The molecule has 0 saturated carbocycles. The summed E-state index contributed by atoms with van der Waals surface area (Å²) in [4.78, 5) is 4.27. The van der Waals surface area contributed by atoms with Gasteiger partial charge in [0.1, 0.15) is 0 Å². The minimum Gasteiger partial charge on any atom is -0.357 e. The second kappa shape index (κ2) is 11.2. The lowest BCUT2D eigenvalue weighted by Crippen LogP contribution is -2.37. The van der Waals surface area contributed by atoms with Crippen molar-refractivity contribution in [2.75, 3.05) is 13.6 Å². The molecule has 0 atom stereocenters. The molecule has 2 rings (SSSR count). The van der Waals surface area contributed by atoms with Crippen molar-refractivity contribution in [3.05, 3.63) is 59.4 Å². The molecule has 2 N–H and O–H groups in total. The summed E-state index contributed by atoms with van der Waals surface area (Å²) in [7, 11) is 3.84. The highest BCUT2D eigenvalue weighted by molar-refractivity contribution is 14.0. The molecule has 1 aromatic heterocycles. The number of nitrogens with zero attached hydrogens (tertiary/aromatic N) is 2. The van der Waals surface area contributed by atoms with Crippen LogP contribution in [-0.4, -0.2) is 24.1 Å². The van der Waals surface area contributed by atoms with Gasteiger partial charge in [0, 0.05) is 39.6 Å². The van der Waals surface area contributed by atoms with Gasteiger partial charge in [0.2, 0.25) is 0 Å². The summed E-state index contributed by atoms with van der Waals surface area (Å²) in [5.74, 6) is 1.45. The minimum absolute atomic E-state index is 0. The zero-order valence-corrected chi connectivity index (χ0v) is 18.1. The summed E-state index contributed by atoms with van der Waals surface area (Å²) in [6, 6.07) is 11.1. The van der Waals surface area contributed by atoms with Crippen LogP contribution in [0.25, 0.3) is 0 Å². The number of halogens is 1. The molecule has 0 aliphatic rings. The Morgan fingerprint density at radius 2 is 1.80 bits per heavy atom. The molecule has 0 unspecified atom stereocenters. The van der Waals surface area contributed by atoms with E-state index in [2.05, 4.69) is 76.8 Å². The number of hydrogen-bond donors (Lipinski definition) is 2. The van der Waals surface area contributed by atoms with Crippen molar-refractivity contribution < 1.29 is 0 Å². The van der Waals surface area contributed by atoms with Gasteiger partial charge in [-0.1, -0.05) is 38.1 Å². The third-order valence-corrected chi connectivity index (χ3v) is 4.16. The Bertz CT molecular complexity index is 644. The number of nitrogens with one attached hydrogen (secondary N) is 2. The summed E-state index contributed by atoms with van der Waals surface area (Å²) < 4.78 is 2.05. The van der Waals surface area contributed by atoms with Crippen LogP contribution in [-0.2, 0) is 20.0 Å². The van der Waals surface area contributed by atoms with E-state index >= 15 is 0 Å². The highest BCUT2D eigenvalue weighted by atomic mass is 127. The van der Waals surface area contributed by atoms with E-state index in [1.807, 2.05) is 14.1 Å². The molecule has 1 aromatic carbocycles. The van der Waals surface area contributed by atoms with Crippen LogP contribution in [0.1, 0.15) is 42.9 Å². The van der Waals surface area contributed by atoms with E-state index in [1.54, 1.807) is 0 Å². The quantitative estimate of drug-likeness (QED) is 0.287. The van der Waals surface area contributed by atoms with Crippen molar-refractivity contribution in [1.29, 1.82) is 0 Å². The predicted molar refractivity (Wildman–Crippen MR) is 118 cm³/mol. The topological polar surface area (TPSA) is 41.4 Å². The van der Waals surface area contributed by atoms with Gasteiger partial charge in [0.25, 0.3) is 0 Å². The molecule has 5 heteroatoms. The lowest BCUT2D eigenvalue weighted by atomic mass is 10.0. The average Bonchev–Trinajstić information content (AvgIpc) is 3.00. The molecule has 0 bridgehead atoms. The van der Waals surface area contributed by atoms with E-state index in [-0.39, 0.29) is 24.0 Å². The number of aryl methyl sites for hydroxylation is 2. The maximum absolute atomic E-state index is 4.27. The molecule has 0 radical (unpaired) electrons. The van der Waals surface area contributed by atoms with E-state index in [9.17, 15) is 0 Å². The van der Waals surface area contributed by atoms with Gasteiger partial charge in [0.15, 0.2) is 5.96 Å². The van der Waals surface area contributed by atoms with Crippen molar-refractivity contribution in [1.82, 2.24) is 15.2 Å². The van der Waals surface area contributed by atoms with Crippen LogP contribution in [0.4, 0.5) is 0 Å². The van der Waals surface area contributed by atoms with E-state index in [0.717, 1.165) is 31.9 Å². The Morgan fingerprint density at radius 3 is 2.36 bits per heavy atom. The molecule has 1 heterocycles. The predicted octanol–water partition coefficient (Wildman–Crippen LogP) is 4.06. The molecule has 2 aromatic rings. The molecule has 4 nitrogen and oxygen atoms in total. The van der Waals surface area contributed by atoms with Crippen molar-refractivity contribution in [2.45, 2.75) is 39.2 Å². The van der Waals surface area contributed by atoms with Gasteiger partial charge in [0.05, 0.1) is 0 Å². The van der Waals surface area contributed by atoms with Gasteiger partial charge in [-0.3, -0.25) is 4.99 Å². The first-order valence-corrected chi connectivity index (χ1v) is 8.72. The fourth-order valence-corrected chi connectivity index (χ4v) is 2.64. The summed E-state index contributed by atoms with van der Waals surface area (Å²) in [6.07, 6.45) is 6.34. The molecule has 0 fully saturated rings. The summed E-state index contributed by atoms with van der Waals surface area (Å²) >= 11 is 0. The van der Waals surface area contributed by atoms with Gasteiger partial charge in [-0.25, -0.2) is 0 Å². The highest BCUT2D eigenvalue weighted by Crippen LogP contribution is 2.15. The van der Waals surface area contributed by atoms with Crippen LogP contribution in [0.3, 0.4) is 0 Å². The standard InChI is InChI=1S/C20H30N4.HI/c1-16(2)19-9-7-17(8-10-19)6-5-12-22-20(21-3)23-14-18-11-13-24(4)15-18;/h7-11,13,15-16H,5-6,12,14H2,1-4H3,(H2,21,22,23);1H. The van der Waals surface area contributed by atoms with Gasteiger partial charge < -0.3 is 15.2 Å². The zero-order valence-electron chi connectivity index (χ0n) is 15.7. The largest absolute Gasteiger partial charge is 0.357 e. The van der Waals surface area contributed by atoms with Gasteiger partial charge in [-0.2, -0.15) is 0 Å². The number of aromatic nitrogens is 1. The second-order valence-electron chi connectivity index (χ2n) is 6.54. The molecular formula is C20H31IN4. The Labute approximate surface area is 169 Å². The van der Waals surface area contributed by atoms with Crippen molar-refractivity contribution >= 4 is 29.9 Å². The summed E-state index contributed by atoms with van der Waals surface area (Å²) in [5.41, 5.74) is 4.06. The smallest absolute Gasteiger partial charge is 0.191 e. The Kier molecular flexibility index (Phi) is 9.63. The molecule has 0 saturated heterocycles. The third kappa shape index (κ3) is 7.50. The average molecular weight is 454 g/mol. The lowest BCUT2D eigenvalue weighted by Gasteiger charge is -2.11. The fraction of sp³-hybridized carbons (Fsp3) is 0.450. The Morgan fingerprint density at radius 1 is 1.08 bits per heavy atom. The molecule has 0 aliphatic heterocycles. The third-order valence-electron chi connectivity index (χ3n) is 4.16. The zero-order chi connectivity index (χ0) is 17.4. The van der Waals surface area contributed by atoms with Gasteiger partial charge in [-0.15, -0.1) is 24.0 Å². The first kappa shape index (κ1) is 21.5. The number of rotatable bonds is 7. The number of benzene rings is 1. The molecule has 25 heavy (non-hydrogen) atoms. The van der Waals surface area contributed by atoms with E-state index in [1.165, 1.54) is 16.7 Å². The normalized spacial score (nSPS) is 11.3. The van der Waals surface area contributed by atoms with Crippen LogP contribution < -0.4 is 10.6 Å². The van der Waals surface area contributed by atoms with E-state index in [0.29, 0.717) is 5.92 Å². The molecule has 0 amide bonds. The first-order chi connectivity index (χ1) is 11.6. The van der Waals surface area contributed by atoms with Crippen molar-refractivity contribution in [3.8, 4) is 0 Å². The van der Waals surface area contributed by atoms with E-state index < -0.39 is 0 Å². The van der Waals surface area contributed by atoms with Crippen molar-refractivity contribution in [3.63, 3.8) is 0 Å². The maximum Gasteiger partial charge on any atom is 0.191 e. The lowest BCUT2D eigenvalue weighted by molar-refractivity contribution is 0.741.